The Balaban J connectivity index is 1.70. The molecule has 2 aromatic carbocycles. The zero-order chi connectivity index (χ0) is 16.2. The standard InChI is InChI=1S/C16H11BrClN3OS/c17-10-3-1-5-12(7-10)19-15(22)14-9-23-16(21-14)20-13-6-2-4-11(18)8-13/h1-9H,(H,19,22)(H,20,21). The van der Waals surface area contributed by atoms with Gasteiger partial charge in [-0.2, -0.15) is 0 Å². The number of thiazole rings is 1. The normalized spacial score (nSPS) is 10.3. The topological polar surface area (TPSA) is 54.0 Å². The first kappa shape index (κ1) is 16.0. The zero-order valence-corrected chi connectivity index (χ0v) is 14.9. The molecule has 0 aliphatic rings. The largest absolute Gasteiger partial charge is 0.331 e. The van der Waals surface area contributed by atoms with Gasteiger partial charge in [-0.3, -0.25) is 4.79 Å². The third-order valence-electron chi connectivity index (χ3n) is 2.90. The van der Waals surface area contributed by atoms with Crippen LogP contribution in [0.3, 0.4) is 0 Å². The molecule has 4 nitrogen and oxygen atoms in total. The van der Waals surface area contributed by atoms with E-state index >= 15 is 0 Å². The molecule has 7 heteroatoms. The number of carbonyl (C=O) groups excluding carboxylic acids is 1. The van der Waals surface area contributed by atoms with Gasteiger partial charge in [0.15, 0.2) is 5.13 Å². The van der Waals surface area contributed by atoms with Crippen LogP contribution in [0, 0.1) is 0 Å². The van der Waals surface area contributed by atoms with Crippen LogP contribution in [-0.4, -0.2) is 10.9 Å². The number of aromatic nitrogens is 1. The Hall–Kier alpha value is -1.89. The van der Waals surface area contributed by atoms with Crippen LogP contribution in [-0.2, 0) is 0 Å². The number of carbonyl (C=O) groups is 1. The average Bonchev–Trinajstić information content (AvgIpc) is 2.96. The summed E-state index contributed by atoms with van der Waals surface area (Å²) in [7, 11) is 0. The molecule has 0 bridgehead atoms. The predicted octanol–water partition coefficient (Wildman–Crippen LogP) is 5.55. The zero-order valence-electron chi connectivity index (χ0n) is 11.7. The second kappa shape index (κ2) is 7.12. The predicted molar refractivity (Wildman–Crippen MR) is 98.9 cm³/mol. The van der Waals surface area contributed by atoms with E-state index in [2.05, 4.69) is 31.5 Å². The lowest BCUT2D eigenvalue weighted by Gasteiger charge is -2.04. The molecular formula is C16H11BrClN3OS. The van der Waals surface area contributed by atoms with E-state index in [-0.39, 0.29) is 5.91 Å². The van der Waals surface area contributed by atoms with Crippen LogP contribution in [0.5, 0.6) is 0 Å². The van der Waals surface area contributed by atoms with Gasteiger partial charge in [-0.15, -0.1) is 11.3 Å². The highest BCUT2D eigenvalue weighted by Gasteiger charge is 2.11. The maximum absolute atomic E-state index is 12.2. The number of hydrogen-bond donors (Lipinski definition) is 2. The van der Waals surface area contributed by atoms with Crippen molar-refractivity contribution in [2.75, 3.05) is 10.6 Å². The van der Waals surface area contributed by atoms with Crippen LogP contribution in [0.15, 0.2) is 58.4 Å². The van der Waals surface area contributed by atoms with E-state index in [1.54, 1.807) is 17.5 Å². The van der Waals surface area contributed by atoms with Crippen LogP contribution < -0.4 is 10.6 Å². The van der Waals surface area contributed by atoms with Crippen molar-refractivity contribution in [3.63, 3.8) is 0 Å². The number of nitrogens with zero attached hydrogens (tertiary/aromatic N) is 1. The molecular weight excluding hydrogens is 398 g/mol. The van der Waals surface area contributed by atoms with Crippen LogP contribution >= 0.6 is 38.9 Å². The second-order valence-corrected chi connectivity index (χ2v) is 6.85. The monoisotopic (exact) mass is 407 g/mol. The van der Waals surface area contributed by atoms with Crippen LogP contribution in [0.25, 0.3) is 0 Å². The number of hydrogen-bond acceptors (Lipinski definition) is 4. The quantitative estimate of drug-likeness (QED) is 0.594. The van der Waals surface area contributed by atoms with E-state index in [1.807, 2.05) is 36.4 Å². The van der Waals surface area contributed by atoms with Gasteiger partial charge >= 0.3 is 0 Å². The minimum Gasteiger partial charge on any atom is -0.331 e. The number of halogens is 2. The van der Waals surface area contributed by atoms with E-state index in [9.17, 15) is 4.79 Å². The van der Waals surface area contributed by atoms with Crippen LogP contribution in [0.1, 0.15) is 10.5 Å². The van der Waals surface area contributed by atoms with Gasteiger partial charge in [0.1, 0.15) is 5.69 Å². The molecule has 3 rings (SSSR count). The number of benzene rings is 2. The number of nitrogens with one attached hydrogen (secondary N) is 2. The highest BCUT2D eigenvalue weighted by Crippen LogP contribution is 2.24. The summed E-state index contributed by atoms with van der Waals surface area (Å²) >= 11 is 10.7. The van der Waals surface area contributed by atoms with Gasteiger partial charge in [-0.1, -0.05) is 39.7 Å². The lowest BCUT2D eigenvalue weighted by atomic mass is 10.3. The lowest BCUT2D eigenvalue weighted by molar-refractivity contribution is 0.102. The van der Waals surface area contributed by atoms with Gasteiger partial charge in [0.05, 0.1) is 0 Å². The smallest absolute Gasteiger partial charge is 0.275 e. The molecule has 1 heterocycles. The summed E-state index contributed by atoms with van der Waals surface area (Å²) < 4.78 is 0.900. The summed E-state index contributed by atoms with van der Waals surface area (Å²) in [5, 5.41) is 8.92. The van der Waals surface area contributed by atoms with Gasteiger partial charge in [0.25, 0.3) is 5.91 Å². The Morgan fingerprint density at radius 3 is 2.70 bits per heavy atom. The lowest BCUT2D eigenvalue weighted by Crippen LogP contribution is -2.12. The van der Waals surface area contributed by atoms with Crippen molar-refractivity contribution in [2.45, 2.75) is 0 Å². The Kier molecular flexibility index (Phi) is 4.95. The van der Waals surface area contributed by atoms with Crippen molar-refractivity contribution in [1.82, 2.24) is 4.98 Å². The molecule has 2 N–H and O–H groups in total. The Bertz CT molecular complexity index is 853. The molecule has 0 saturated heterocycles. The SMILES string of the molecule is O=C(Nc1cccc(Br)c1)c1csc(Nc2cccc(Cl)c2)n1. The van der Waals surface area contributed by atoms with Crippen LogP contribution in [0.4, 0.5) is 16.5 Å². The molecule has 0 aliphatic heterocycles. The van der Waals surface area contributed by atoms with E-state index in [0.29, 0.717) is 21.5 Å². The maximum Gasteiger partial charge on any atom is 0.275 e. The molecule has 0 fully saturated rings. The average molecular weight is 409 g/mol. The summed E-state index contributed by atoms with van der Waals surface area (Å²) in [5.74, 6) is -0.251. The highest BCUT2D eigenvalue weighted by atomic mass is 79.9. The molecule has 0 unspecified atom stereocenters. The highest BCUT2D eigenvalue weighted by molar-refractivity contribution is 9.10. The fraction of sp³-hybridized carbons (Fsp3) is 0. The van der Waals surface area contributed by atoms with Gasteiger partial charge < -0.3 is 10.6 Å². The first-order valence-electron chi connectivity index (χ1n) is 6.65. The van der Waals surface area contributed by atoms with Gasteiger partial charge in [0.2, 0.25) is 0 Å². The third-order valence-corrected chi connectivity index (χ3v) is 4.38. The molecule has 0 spiro atoms. The molecule has 0 atom stereocenters. The number of amides is 1. The first-order valence-corrected chi connectivity index (χ1v) is 8.70. The summed E-state index contributed by atoms with van der Waals surface area (Å²) in [6.45, 7) is 0. The van der Waals surface area contributed by atoms with Crippen LogP contribution in [0.2, 0.25) is 5.02 Å². The van der Waals surface area contributed by atoms with E-state index < -0.39 is 0 Å². The summed E-state index contributed by atoms with van der Waals surface area (Å²) in [6, 6.07) is 14.7. The third kappa shape index (κ3) is 4.31. The summed E-state index contributed by atoms with van der Waals surface area (Å²) in [6.07, 6.45) is 0. The minimum atomic E-state index is -0.251. The van der Waals surface area contributed by atoms with E-state index in [1.165, 1.54) is 11.3 Å². The Morgan fingerprint density at radius 1 is 1.13 bits per heavy atom. The molecule has 23 heavy (non-hydrogen) atoms. The molecule has 1 amide bonds. The Morgan fingerprint density at radius 2 is 1.91 bits per heavy atom. The van der Waals surface area contributed by atoms with Crippen molar-refractivity contribution in [2.24, 2.45) is 0 Å². The second-order valence-electron chi connectivity index (χ2n) is 4.64. The molecule has 3 aromatic rings. The molecule has 116 valence electrons. The molecule has 0 saturated carbocycles. The van der Waals surface area contributed by atoms with Crippen molar-refractivity contribution in [1.29, 1.82) is 0 Å². The summed E-state index contributed by atoms with van der Waals surface area (Å²) in [4.78, 5) is 16.5. The minimum absolute atomic E-state index is 0.251. The first-order chi connectivity index (χ1) is 11.1. The van der Waals surface area contributed by atoms with Crippen molar-refractivity contribution >= 4 is 61.3 Å². The maximum atomic E-state index is 12.2. The fourth-order valence-corrected chi connectivity index (χ4v) is 3.19. The number of anilines is 3. The molecule has 1 aromatic heterocycles. The van der Waals surface area contributed by atoms with Crippen molar-refractivity contribution in [3.8, 4) is 0 Å². The van der Waals surface area contributed by atoms with Crippen molar-refractivity contribution in [3.05, 3.63) is 69.1 Å². The number of rotatable bonds is 4. The summed E-state index contributed by atoms with van der Waals surface area (Å²) in [5.41, 5.74) is 1.90. The Labute approximate surface area is 150 Å². The van der Waals surface area contributed by atoms with Gasteiger partial charge in [0, 0.05) is 26.3 Å². The van der Waals surface area contributed by atoms with Gasteiger partial charge in [-0.05, 0) is 36.4 Å². The molecule has 0 radical (unpaired) electrons. The van der Waals surface area contributed by atoms with Crippen molar-refractivity contribution < 1.29 is 4.79 Å². The molecule has 0 aliphatic carbocycles. The van der Waals surface area contributed by atoms with E-state index in [4.69, 9.17) is 11.6 Å². The van der Waals surface area contributed by atoms with E-state index in [0.717, 1.165) is 10.2 Å². The fourth-order valence-electron chi connectivity index (χ4n) is 1.89. The van der Waals surface area contributed by atoms with Gasteiger partial charge in [-0.25, -0.2) is 4.98 Å².